The lowest BCUT2D eigenvalue weighted by atomic mass is 10.1. The fourth-order valence-corrected chi connectivity index (χ4v) is 0.923. The Kier molecular flexibility index (Phi) is 3.54. The maximum absolute atomic E-state index is 13.2. The van der Waals surface area contributed by atoms with E-state index in [0.717, 1.165) is 5.56 Å². The molecule has 0 heterocycles. The highest BCUT2D eigenvalue weighted by atomic mass is 19.1. The van der Waals surface area contributed by atoms with Crippen LogP contribution in [0.3, 0.4) is 0 Å². The molecule has 0 radical (unpaired) electrons. The smallest absolute Gasteiger partial charge is 0.139 e. The lowest BCUT2D eigenvalue weighted by Crippen LogP contribution is -1.84. The molecule has 70 valence electrons. The lowest BCUT2D eigenvalue weighted by Gasteiger charge is -1.95. The normalized spacial score (nSPS) is 8.43. The molecule has 0 aliphatic heterocycles. The average molecular weight is 189 g/mol. The van der Waals surface area contributed by atoms with Crippen molar-refractivity contribution in [3.05, 3.63) is 45.6 Å². The highest BCUT2D eigenvalue weighted by Crippen LogP contribution is 2.07. The molecule has 0 atom stereocenters. The molecule has 1 aromatic carbocycles. The maximum Gasteiger partial charge on any atom is 0.139 e. The minimum absolute atomic E-state index is 0.0593. The number of azide groups is 1. The van der Waals surface area contributed by atoms with E-state index in [9.17, 15) is 4.39 Å². The standard InChI is InChI=1S/C10H8FN3/c1-8-4-5-9(10(11)7-8)3-2-6-13-14-12/h4-5,7H,6H2,1H3. The number of benzene rings is 1. The summed E-state index contributed by atoms with van der Waals surface area (Å²) in [6, 6.07) is 4.80. The Morgan fingerprint density at radius 3 is 3.00 bits per heavy atom. The predicted octanol–water partition coefficient (Wildman–Crippen LogP) is 2.80. The third kappa shape index (κ3) is 2.81. The lowest BCUT2D eigenvalue weighted by molar-refractivity contribution is 0.623. The Morgan fingerprint density at radius 1 is 1.57 bits per heavy atom. The molecule has 0 aliphatic rings. The second kappa shape index (κ2) is 4.90. The number of nitrogens with zero attached hydrogens (tertiary/aromatic N) is 3. The van der Waals surface area contributed by atoms with Crippen LogP contribution in [0, 0.1) is 24.6 Å². The van der Waals surface area contributed by atoms with Gasteiger partial charge in [-0.15, -0.1) is 0 Å². The number of hydrogen-bond donors (Lipinski definition) is 0. The second-order valence-electron chi connectivity index (χ2n) is 2.67. The Hall–Kier alpha value is -1.98. The van der Waals surface area contributed by atoms with Crippen molar-refractivity contribution in [1.29, 1.82) is 0 Å². The van der Waals surface area contributed by atoms with E-state index < -0.39 is 0 Å². The molecule has 0 bridgehead atoms. The molecule has 0 saturated heterocycles. The summed E-state index contributed by atoms with van der Waals surface area (Å²) in [6.45, 7) is 1.87. The van der Waals surface area contributed by atoms with E-state index in [4.69, 9.17) is 5.53 Å². The average Bonchev–Trinajstić information content (AvgIpc) is 2.15. The summed E-state index contributed by atoms with van der Waals surface area (Å²) >= 11 is 0. The van der Waals surface area contributed by atoms with E-state index in [-0.39, 0.29) is 12.4 Å². The Bertz CT molecular complexity index is 436. The minimum Gasteiger partial charge on any atom is -0.206 e. The van der Waals surface area contributed by atoms with Gasteiger partial charge in [0.2, 0.25) is 0 Å². The predicted molar refractivity (Wildman–Crippen MR) is 52.0 cm³/mol. The molecule has 1 aromatic rings. The van der Waals surface area contributed by atoms with Gasteiger partial charge in [0.25, 0.3) is 0 Å². The molecule has 14 heavy (non-hydrogen) atoms. The first-order valence-electron chi connectivity index (χ1n) is 4.00. The van der Waals surface area contributed by atoms with E-state index in [2.05, 4.69) is 21.9 Å². The van der Waals surface area contributed by atoms with E-state index >= 15 is 0 Å². The van der Waals surface area contributed by atoms with E-state index in [0.29, 0.717) is 5.56 Å². The Balaban J connectivity index is 2.84. The summed E-state index contributed by atoms with van der Waals surface area (Å²) in [6.07, 6.45) is 0. The van der Waals surface area contributed by atoms with Gasteiger partial charge in [-0.05, 0) is 30.2 Å². The number of rotatable bonds is 1. The quantitative estimate of drug-likeness (QED) is 0.282. The molecule has 4 heteroatoms. The van der Waals surface area contributed by atoms with Crippen LogP contribution in [-0.2, 0) is 0 Å². The molecule has 0 saturated carbocycles. The summed E-state index contributed by atoms with van der Waals surface area (Å²) in [5, 5.41) is 3.22. The molecule has 0 N–H and O–H groups in total. The van der Waals surface area contributed by atoms with Crippen molar-refractivity contribution in [2.24, 2.45) is 5.11 Å². The molecule has 0 aromatic heterocycles. The zero-order chi connectivity index (χ0) is 10.4. The molecule has 0 fully saturated rings. The SMILES string of the molecule is Cc1ccc(C#CCN=[N+]=[N-])c(F)c1. The summed E-state index contributed by atoms with van der Waals surface area (Å²) in [5.74, 6) is 4.79. The summed E-state index contributed by atoms with van der Waals surface area (Å²) in [4.78, 5) is 2.53. The molecule has 1 rings (SSSR count). The number of aryl methyl sites for hydroxylation is 1. The van der Waals surface area contributed by atoms with Gasteiger partial charge in [0.1, 0.15) is 5.82 Å². The van der Waals surface area contributed by atoms with Gasteiger partial charge in [-0.25, -0.2) is 4.39 Å². The van der Waals surface area contributed by atoms with Crippen LogP contribution >= 0.6 is 0 Å². The number of halogens is 1. The highest BCUT2D eigenvalue weighted by molar-refractivity contribution is 5.37. The first-order chi connectivity index (χ1) is 6.74. The summed E-state index contributed by atoms with van der Waals surface area (Å²) in [5.41, 5.74) is 9.14. The van der Waals surface area contributed by atoms with Crippen molar-refractivity contribution in [3.63, 3.8) is 0 Å². The van der Waals surface area contributed by atoms with Crippen LogP contribution in [0.4, 0.5) is 4.39 Å². The third-order valence-electron chi connectivity index (χ3n) is 1.56. The highest BCUT2D eigenvalue weighted by Gasteiger charge is 1.97. The summed E-state index contributed by atoms with van der Waals surface area (Å²) in [7, 11) is 0. The zero-order valence-electron chi connectivity index (χ0n) is 7.66. The molecule has 0 unspecified atom stereocenters. The molecule has 0 spiro atoms. The van der Waals surface area contributed by atoms with Crippen LogP contribution < -0.4 is 0 Å². The first-order valence-corrected chi connectivity index (χ1v) is 4.00. The van der Waals surface area contributed by atoms with E-state index in [1.807, 2.05) is 0 Å². The molecule has 3 nitrogen and oxygen atoms in total. The largest absolute Gasteiger partial charge is 0.206 e. The van der Waals surface area contributed by atoms with Crippen LogP contribution in [0.25, 0.3) is 10.4 Å². The van der Waals surface area contributed by atoms with Crippen LogP contribution in [0.15, 0.2) is 23.3 Å². The van der Waals surface area contributed by atoms with Crippen LogP contribution in [0.5, 0.6) is 0 Å². The van der Waals surface area contributed by atoms with Gasteiger partial charge >= 0.3 is 0 Å². The van der Waals surface area contributed by atoms with Crippen LogP contribution in [-0.4, -0.2) is 6.54 Å². The van der Waals surface area contributed by atoms with Crippen LogP contribution in [0.2, 0.25) is 0 Å². The summed E-state index contributed by atoms with van der Waals surface area (Å²) < 4.78 is 13.2. The van der Waals surface area contributed by atoms with Crippen molar-refractivity contribution in [2.75, 3.05) is 6.54 Å². The minimum atomic E-state index is -0.349. The van der Waals surface area contributed by atoms with Crippen molar-refractivity contribution in [3.8, 4) is 11.8 Å². The fraction of sp³-hybridized carbons (Fsp3) is 0.200. The Morgan fingerprint density at radius 2 is 2.36 bits per heavy atom. The zero-order valence-corrected chi connectivity index (χ0v) is 7.66. The monoisotopic (exact) mass is 189 g/mol. The van der Waals surface area contributed by atoms with Gasteiger partial charge in [0.15, 0.2) is 0 Å². The topological polar surface area (TPSA) is 48.8 Å². The Labute approximate surface area is 81.2 Å². The van der Waals surface area contributed by atoms with Crippen molar-refractivity contribution >= 4 is 0 Å². The molecule has 0 amide bonds. The van der Waals surface area contributed by atoms with Gasteiger partial charge in [0, 0.05) is 4.91 Å². The molecule has 0 aliphatic carbocycles. The van der Waals surface area contributed by atoms with Crippen molar-refractivity contribution in [2.45, 2.75) is 6.92 Å². The van der Waals surface area contributed by atoms with Gasteiger partial charge in [-0.2, -0.15) is 0 Å². The van der Waals surface area contributed by atoms with Crippen LogP contribution in [0.1, 0.15) is 11.1 Å². The maximum atomic E-state index is 13.2. The van der Waals surface area contributed by atoms with Gasteiger partial charge in [-0.1, -0.05) is 23.0 Å². The van der Waals surface area contributed by atoms with E-state index in [1.165, 1.54) is 6.07 Å². The first kappa shape index (κ1) is 10.1. The van der Waals surface area contributed by atoms with Gasteiger partial charge in [-0.3, -0.25) is 0 Å². The fourth-order valence-electron chi connectivity index (χ4n) is 0.923. The molecular formula is C10H8FN3. The molecular weight excluding hydrogens is 181 g/mol. The van der Waals surface area contributed by atoms with Gasteiger partial charge < -0.3 is 0 Å². The second-order valence-corrected chi connectivity index (χ2v) is 2.67. The number of hydrogen-bond acceptors (Lipinski definition) is 1. The van der Waals surface area contributed by atoms with E-state index in [1.54, 1.807) is 19.1 Å². The van der Waals surface area contributed by atoms with Crippen molar-refractivity contribution < 1.29 is 4.39 Å². The third-order valence-corrected chi connectivity index (χ3v) is 1.56. The van der Waals surface area contributed by atoms with Gasteiger partial charge in [0.05, 0.1) is 12.1 Å². The van der Waals surface area contributed by atoms with Crippen molar-refractivity contribution in [1.82, 2.24) is 0 Å².